The second-order valence-electron chi connectivity index (χ2n) is 4.76. The summed E-state index contributed by atoms with van der Waals surface area (Å²) in [5, 5.41) is 6.13. The maximum atomic E-state index is 12.1. The summed E-state index contributed by atoms with van der Waals surface area (Å²) in [6, 6.07) is 14.1. The zero-order chi connectivity index (χ0) is 16.7. The Morgan fingerprint density at radius 3 is 2.52 bits per heavy atom. The fourth-order valence-corrected chi connectivity index (χ4v) is 2.26. The highest BCUT2D eigenvalue weighted by atomic mass is 35.5. The molecular weight excluding hydrogens is 332 g/mol. The van der Waals surface area contributed by atoms with Gasteiger partial charge in [0, 0.05) is 5.69 Å². The van der Waals surface area contributed by atoms with E-state index in [-0.39, 0.29) is 11.0 Å². The molecule has 2 rings (SSSR count). The SMILES string of the molecule is CCCOc1ccc(NC(=S)NC(=O)c2ccccc2Cl)cc1. The fraction of sp³-hybridized carbons (Fsp3) is 0.176. The van der Waals surface area contributed by atoms with Crippen molar-refractivity contribution in [3.8, 4) is 5.75 Å². The number of ether oxygens (including phenoxy) is 1. The number of hydrogen-bond donors (Lipinski definition) is 2. The summed E-state index contributed by atoms with van der Waals surface area (Å²) >= 11 is 11.1. The lowest BCUT2D eigenvalue weighted by Gasteiger charge is -2.11. The topological polar surface area (TPSA) is 50.4 Å². The molecule has 0 aliphatic carbocycles. The maximum Gasteiger partial charge on any atom is 0.258 e. The van der Waals surface area contributed by atoms with Crippen LogP contribution in [0.25, 0.3) is 0 Å². The van der Waals surface area contributed by atoms with Crippen LogP contribution >= 0.6 is 23.8 Å². The first-order valence-electron chi connectivity index (χ1n) is 7.20. The predicted octanol–water partition coefficient (Wildman–Crippen LogP) is 4.26. The van der Waals surface area contributed by atoms with Gasteiger partial charge >= 0.3 is 0 Å². The monoisotopic (exact) mass is 348 g/mol. The quantitative estimate of drug-likeness (QED) is 0.793. The van der Waals surface area contributed by atoms with Gasteiger partial charge in [0.1, 0.15) is 5.75 Å². The number of amides is 1. The van der Waals surface area contributed by atoms with Gasteiger partial charge < -0.3 is 10.1 Å². The average Bonchev–Trinajstić information content (AvgIpc) is 2.54. The highest BCUT2D eigenvalue weighted by molar-refractivity contribution is 7.80. The van der Waals surface area contributed by atoms with Crippen molar-refractivity contribution < 1.29 is 9.53 Å². The summed E-state index contributed by atoms with van der Waals surface area (Å²) in [6.07, 6.45) is 0.957. The van der Waals surface area contributed by atoms with Gasteiger partial charge in [-0.1, -0.05) is 30.7 Å². The number of nitrogens with one attached hydrogen (secondary N) is 2. The molecule has 0 radical (unpaired) electrons. The number of benzene rings is 2. The first kappa shape index (κ1) is 17.2. The minimum absolute atomic E-state index is 0.206. The lowest BCUT2D eigenvalue weighted by atomic mass is 10.2. The van der Waals surface area contributed by atoms with Gasteiger partial charge in [-0.15, -0.1) is 0 Å². The maximum absolute atomic E-state index is 12.1. The van der Waals surface area contributed by atoms with Crippen LogP contribution in [0, 0.1) is 0 Å². The number of halogens is 1. The number of hydrogen-bond acceptors (Lipinski definition) is 3. The smallest absolute Gasteiger partial charge is 0.258 e. The molecule has 0 aliphatic rings. The van der Waals surface area contributed by atoms with E-state index in [0.717, 1.165) is 17.9 Å². The van der Waals surface area contributed by atoms with E-state index in [9.17, 15) is 4.79 Å². The minimum Gasteiger partial charge on any atom is -0.494 e. The molecule has 120 valence electrons. The third kappa shape index (κ3) is 5.23. The number of carbonyl (C=O) groups excluding carboxylic acids is 1. The molecule has 0 saturated heterocycles. The number of rotatable bonds is 5. The number of anilines is 1. The summed E-state index contributed by atoms with van der Waals surface area (Å²) in [5.41, 5.74) is 1.14. The Bertz CT molecular complexity index is 689. The van der Waals surface area contributed by atoms with Crippen LogP contribution in [-0.4, -0.2) is 17.6 Å². The number of carbonyl (C=O) groups is 1. The van der Waals surface area contributed by atoms with Crippen LogP contribution in [0.3, 0.4) is 0 Å². The Morgan fingerprint density at radius 1 is 1.17 bits per heavy atom. The van der Waals surface area contributed by atoms with Crippen LogP contribution in [-0.2, 0) is 0 Å². The Kier molecular flexibility index (Phi) is 6.38. The largest absolute Gasteiger partial charge is 0.494 e. The molecule has 0 atom stereocenters. The molecule has 0 bridgehead atoms. The predicted molar refractivity (Wildman–Crippen MR) is 97.4 cm³/mol. The van der Waals surface area contributed by atoms with E-state index in [4.69, 9.17) is 28.6 Å². The Hall–Kier alpha value is -2.11. The third-order valence-corrected chi connectivity index (χ3v) is 3.46. The van der Waals surface area contributed by atoms with Crippen molar-refractivity contribution in [1.82, 2.24) is 5.32 Å². The van der Waals surface area contributed by atoms with Crippen molar-refractivity contribution in [2.24, 2.45) is 0 Å². The molecule has 0 heterocycles. The van der Waals surface area contributed by atoms with Gasteiger partial charge in [0.15, 0.2) is 5.11 Å². The molecule has 0 fully saturated rings. The zero-order valence-corrected chi connectivity index (χ0v) is 14.2. The van der Waals surface area contributed by atoms with Crippen LogP contribution in [0.4, 0.5) is 5.69 Å². The lowest BCUT2D eigenvalue weighted by molar-refractivity contribution is 0.0978. The standard InChI is InChI=1S/C17H17ClN2O2S/c1-2-11-22-13-9-7-12(8-10-13)19-17(23)20-16(21)14-5-3-4-6-15(14)18/h3-10H,2,11H2,1H3,(H2,19,20,21,23). The van der Waals surface area contributed by atoms with Gasteiger partial charge in [0.05, 0.1) is 17.2 Å². The fourth-order valence-electron chi connectivity index (χ4n) is 1.83. The van der Waals surface area contributed by atoms with Crippen LogP contribution in [0.5, 0.6) is 5.75 Å². The third-order valence-electron chi connectivity index (χ3n) is 2.93. The van der Waals surface area contributed by atoms with Gasteiger partial charge in [-0.05, 0) is 55.0 Å². The highest BCUT2D eigenvalue weighted by Crippen LogP contribution is 2.17. The van der Waals surface area contributed by atoms with Gasteiger partial charge in [-0.2, -0.15) is 0 Å². The first-order valence-corrected chi connectivity index (χ1v) is 7.98. The molecule has 6 heteroatoms. The average molecular weight is 349 g/mol. The van der Waals surface area contributed by atoms with Gasteiger partial charge in [-0.25, -0.2) is 0 Å². The summed E-state index contributed by atoms with van der Waals surface area (Å²) in [5.74, 6) is 0.444. The first-order chi connectivity index (χ1) is 11.1. The van der Waals surface area contributed by atoms with Crippen molar-refractivity contribution in [3.63, 3.8) is 0 Å². The molecule has 0 aliphatic heterocycles. The van der Waals surface area contributed by atoms with Crippen molar-refractivity contribution >= 4 is 40.5 Å². The van der Waals surface area contributed by atoms with E-state index in [0.29, 0.717) is 17.2 Å². The normalized spacial score (nSPS) is 10.0. The molecule has 2 aromatic rings. The summed E-state index contributed by atoms with van der Waals surface area (Å²) in [6.45, 7) is 2.73. The number of thiocarbonyl (C=S) groups is 1. The molecule has 4 nitrogen and oxygen atoms in total. The second kappa shape index (κ2) is 8.50. The molecule has 2 N–H and O–H groups in total. The van der Waals surface area contributed by atoms with Gasteiger partial charge in [0.2, 0.25) is 0 Å². The Balaban J connectivity index is 1.92. The molecule has 2 aromatic carbocycles. The molecule has 23 heavy (non-hydrogen) atoms. The van der Waals surface area contributed by atoms with E-state index >= 15 is 0 Å². The highest BCUT2D eigenvalue weighted by Gasteiger charge is 2.11. The summed E-state index contributed by atoms with van der Waals surface area (Å²) in [7, 11) is 0. The van der Waals surface area contributed by atoms with Crippen molar-refractivity contribution in [2.45, 2.75) is 13.3 Å². The Morgan fingerprint density at radius 2 is 1.87 bits per heavy atom. The Labute approximate surface area is 145 Å². The molecular formula is C17H17ClN2O2S. The molecule has 1 amide bonds. The lowest BCUT2D eigenvalue weighted by Crippen LogP contribution is -2.34. The van der Waals surface area contributed by atoms with Crippen LogP contribution in [0.15, 0.2) is 48.5 Å². The van der Waals surface area contributed by atoms with Crippen LogP contribution in [0.2, 0.25) is 5.02 Å². The zero-order valence-electron chi connectivity index (χ0n) is 12.6. The summed E-state index contributed by atoms with van der Waals surface area (Å²) < 4.78 is 5.51. The molecule has 0 saturated carbocycles. The molecule has 0 aromatic heterocycles. The van der Waals surface area contributed by atoms with E-state index < -0.39 is 0 Å². The van der Waals surface area contributed by atoms with E-state index in [1.165, 1.54) is 0 Å². The van der Waals surface area contributed by atoms with E-state index in [1.54, 1.807) is 24.3 Å². The molecule has 0 spiro atoms. The van der Waals surface area contributed by atoms with Gasteiger partial charge in [0.25, 0.3) is 5.91 Å². The second-order valence-corrected chi connectivity index (χ2v) is 5.58. The minimum atomic E-state index is -0.351. The van der Waals surface area contributed by atoms with Crippen LogP contribution < -0.4 is 15.4 Å². The molecule has 0 unspecified atom stereocenters. The van der Waals surface area contributed by atoms with Crippen molar-refractivity contribution in [3.05, 3.63) is 59.1 Å². The van der Waals surface area contributed by atoms with E-state index in [1.807, 2.05) is 24.3 Å². The van der Waals surface area contributed by atoms with Crippen molar-refractivity contribution in [1.29, 1.82) is 0 Å². The summed E-state index contributed by atoms with van der Waals surface area (Å²) in [4.78, 5) is 12.1. The van der Waals surface area contributed by atoms with Gasteiger partial charge in [-0.3, -0.25) is 10.1 Å². The van der Waals surface area contributed by atoms with Crippen LogP contribution in [0.1, 0.15) is 23.7 Å². The van der Waals surface area contributed by atoms with E-state index in [2.05, 4.69) is 17.6 Å². The van der Waals surface area contributed by atoms with Crippen molar-refractivity contribution in [2.75, 3.05) is 11.9 Å².